The molecule has 0 saturated heterocycles. The van der Waals surface area contributed by atoms with Gasteiger partial charge in [-0.15, -0.1) is 0 Å². The first-order valence-electron chi connectivity index (χ1n) is 9.12. The van der Waals surface area contributed by atoms with Crippen LogP contribution in [0.25, 0.3) is 21.2 Å². The van der Waals surface area contributed by atoms with Crippen molar-refractivity contribution in [2.45, 2.75) is 13.5 Å². The van der Waals surface area contributed by atoms with Crippen LogP contribution < -0.4 is 10.2 Å². The summed E-state index contributed by atoms with van der Waals surface area (Å²) in [6, 6.07) is 9.79. The molecule has 7 nitrogen and oxygen atoms in total. The smallest absolute Gasteiger partial charge is 0.326 e. The maximum absolute atomic E-state index is 12.9. The number of para-hydroxylation sites is 1. The van der Waals surface area contributed by atoms with Crippen molar-refractivity contribution in [3.8, 4) is 0 Å². The molecule has 10 heteroatoms. The van der Waals surface area contributed by atoms with E-state index < -0.39 is 17.3 Å². The maximum atomic E-state index is 12.9. The second kappa shape index (κ2) is 8.66. The van der Waals surface area contributed by atoms with Crippen LogP contribution in [0.5, 0.6) is 0 Å². The van der Waals surface area contributed by atoms with E-state index in [0.717, 1.165) is 17.6 Å². The average molecular weight is 477 g/mol. The predicted octanol–water partition coefficient (Wildman–Crippen LogP) is 4.42. The summed E-state index contributed by atoms with van der Waals surface area (Å²) in [5, 5.41) is 0.964. The number of carbonyl (C=O) groups is 2. The van der Waals surface area contributed by atoms with Crippen LogP contribution in [0.3, 0.4) is 0 Å². The maximum Gasteiger partial charge on any atom is 0.326 e. The molecule has 0 atom stereocenters. The molecule has 0 saturated carbocycles. The van der Waals surface area contributed by atoms with Crippen LogP contribution in [0, 0.1) is 0 Å². The van der Waals surface area contributed by atoms with E-state index in [2.05, 4.69) is 4.99 Å². The number of benzene rings is 2. The SMILES string of the molecule is CCOC(=O)Cn1c(=NC(=O)c2coc3ccccc3c2=O)sc2cc(Cl)cc(Cl)c21. The number of fused-ring (bicyclic) bond motifs is 2. The quantitative estimate of drug-likeness (QED) is 0.406. The molecular weight excluding hydrogens is 463 g/mol. The molecule has 31 heavy (non-hydrogen) atoms. The summed E-state index contributed by atoms with van der Waals surface area (Å²) in [6.45, 7) is 1.67. The number of esters is 1. The number of rotatable bonds is 4. The summed E-state index contributed by atoms with van der Waals surface area (Å²) in [6.07, 6.45) is 1.09. The van der Waals surface area contributed by atoms with Crippen molar-refractivity contribution in [2.24, 2.45) is 4.99 Å². The summed E-state index contributed by atoms with van der Waals surface area (Å²) >= 11 is 13.5. The molecular formula is C21H14Cl2N2O5S. The third-order valence-corrected chi connectivity index (χ3v) is 5.93. The molecule has 2 aromatic carbocycles. The third kappa shape index (κ3) is 4.14. The van der Waals surface area contributed by atoms with Crippen molar-refractivity contribution in [2.75, 3.05) is 6.61 Å². The fourth-order valence-corrected chi connectivity index (χ4v) is 4.88. The molecule has 1 amide bonds. The number of hydrogen-bond acceptors (Lipinski definition) is 6. The zero-order valence-corrected chi connectivity index (χ0v) is 18.4. The highest BCUT2D eigenvalue weighted by Gasteiger charge is 2.18. The molecule has 0 aliphatic heterocycles. The summed E-state index contributed by atoms with van der Waals surface area (Å²) in [5.74, 6) is -1.32. The van der Waals surface area contributed by atoms with E-state index in [1.165, 1.54) is 10.6 Å². The second-order valence-corrected chi connectivity index (χ2v) is 8.25. The van der Waals surface area contributed by atoms with E-state index in [-0.39, 0.29) is 28.9 Å². The largest absolute Gasteiger partial charge is 0.465 e. The lowest BCUT2D eigenvalue weighted by atomic mass is 10.2. The third-order valence-electron chi connectivity index (χ3n) is 4.40. The molecule has 4 rings (SSSR count). The lowest BCUT2D eigenvalue weighted by Gasteiger charge is -2.06. The zero-order valence-electron chi connectivity index (χ0n) is 16.1. The van der Waals surface area contributed by atoms with Crippen molar-refractivity contribution in [3.63, 3.8) is 0 Å². The van der Waals surface area contributed by atoms with Gasteiger partial charge in [0.2, 0.25) is 5.43 Å². The average Bonchev–Trinajstić information content (AvgIpc) is 3.05. The van der Waals surface area contributed by atoms with E-state index in [0.29, 0.717) is 25.8 Å². The highest BCUT2D eigenvalue weighted by molar-refractivity contribution is 7.16. The molecule has 0 bridgehead atoms. The van der Waals surface area contributed by atoms with Gasteiger partial charge in [-0.25, -0.2) is 0 Å². The van der Waals surface area contributed by atoms with Gasteiger partial charge in [0.05, 0.1) is 27.2 Å². The number of halogens is 2. The number of amides is 1. The Morgan fingerprint density at radius 1 is 1.23 bits per heavy atom. The predicted molar refractivity (Wildman–Crippen MR) is 119 cm³/mol. The van der Waals surface area contributed by atoms with Gasteiger partial charge in [0, 0.05) is 5.02 Å². The van der Waals surface area contributed by atoms with Crippen LogP contribution in [0.2, 0.25) is 10.0 Å². The molecule has 4 aromatic rings. The zero-order chi connectivity index (χ0) is 22.1. The molecule has 158 valence electrons. The molecule has 0 aliphatic carbocycles. The molecule has 2 heterocycles. The van der Waals surface area contributed by atoms with Gasteiger partial charge >= 0.3 is 5.97 Å². The van der Waals surface area contributed by atoms with Gasteiger partial charge in [0.15, 0.2) is 4.80 Å². The fourth-order valence-electron chi connectivity index (χ4n) is 3.07. The molecule has 0 spiro atoms. The number of hydrogen-bond donors (Lipinski definition) is 0. The molecule has 0 radical (unpaired) electrons. The lowest BCUT2D eigenvalue weighted by Crippen LogP contribution is -2.24. The minimum absolute atomic E-state index is 0.171. The van der Waals surface area contributed by atoms with E-state index in [1.54, 1.807) is 37.3 Å². The van der Waals surface area contributed by atoms with Crippen molar-refractivity contribution in [1.29, 1.82) is 0 Å². The highest BCUT2D eigenvalue weighted by Crippen LogP contribution is 2.29. The Morgan fingerprint density at radius 2 is 2.00 bits per heavy atom. The fraction of sp³-hybridized carbons (Fsp3) is 0.143. The van der Waals surface area contributed by atoms with Crippen molar-refractivity contribution >= 4 is 67.6 Å². The molecule has 0 unspecified atom stereocenters. The molecule has 0 aliphatic rings. The van der Waals surface area contributed by atoms with Crippen molar-refractivity contribution in [3.05, 3.63) is 73.3 Å². The van der Waals surface area contributed by atoms with E-state index in [9.17, 15) is 14.4 Å². The molecule has 0 N–H and O–H groups in total. The number of thiazole rings is 1. The Bertz CT molecular complexity index is 1470. The summed E-state index contributed by atoms with van der Waals surface area (Å²) in [5.41, 5.74) is 0.142. The van der Waals surface area contributed by atoms with Gasteiger partial charge < -0.3 is 13.7 Å². The van der Waals surface area contributed by atoms with Crippen LogP contribution in [-0.4, -0.2) is 23.1 Å². The standard InChI is InChI=1S/C21H14Cl2N2O5S/c1-2-29-17(26)9-25-18-14(23)7-11(22)8-16(18)31-21(25)24-20(28)13-10-30-15-6-4-3-5-12(15)19(13)27/h3-8,10H,2,9H2,1H3. The topological polar surface area (TPSA) is 90.9 Å². The van der Waals surface area contributed by atoms with E-state index >= 15 is 0 Å². The van der Waals surface area contributed by atoms with Crippen LogP contribution in [0.4, 0.5) is 0 Å². The Balaban J connectivity index is 1.89. The van der Waals surface area contributed by atoms with Crippen LogP contribution in [0.15, 0.2) is 56.9 Å². The van der Waals surface area contributed by atoms with Crippen molar-refractivity contribution < 1.29 is 18.7 Å². The minimum Gasteiger partial charge on any atom is -0.465 e. The second-order valence-electron chi connectivity index (χ2n) is 6.40. The van der Waals surface area contributed by atoms with Crippen molar-refractivity contribution in [1.82, 2.24) is 4.57 Å². The van der Waals surface area contributed by atoms with Gasteiger partial charge in [0.1, 0.15) is 24.0 Å². The summed E-state index contributed by atoms with van der Waals surface area (Å²) in [7, 11) is 0. The van der Waals surface area contributed by atoms with Gasteiger partial charge in [-0.3, -0.25) is 14.4 Å². The van der Waals surface area contributed by atoms with Crippen LogP contribution >= 0.6 is 34.5 Å². The van der Waals surface area contributed by atoms with Gasteiger partial charge in [-0.05, 0) is 31.2 Å². The van der Waals surface area contributed by atoms with Crippen LogP contribution in [-0.2, 0) is 16.1 Å². The summed E-state index contributed by atoms with van der Waals surface area (Å²) < 4.78 is 12.5. The Morgan fingerprint density at radius 3 is 2.77 bits per heavy atom. The van der Waals surface area contributed by atoms with Gasteiger partial charge in [0.25, 0.3) is 5.91 Å². The number of carbonyl (C=O) groups excluding carboxylic acids is 2. The monoisotopic (exact) mass is 476 g/mol. The first-order chi connectivity index (χ1) is 14.9. The van der Waals surface area contributed by atoms with E-state index in [1.807, 2.05) is 0 Å². The first-order valence-corrected chi connectivity index (χ1v) is 10.7. The lowest BCUT2D eigenvalue weighted by molar-refractivity contribution is -0.143. The Kier molecular flexibility index (Phi) is 5.95. The number of aromatic nitrogens is 1. The first kappa shape index (κ1) is 21.3. The normalized spacial score (nSPS) is 11.9. The van der Waals surface area contributed by atoms with Crippen LogP contribution in [0.1, 0.15) is 17.3 Å². The van der Waals surface area contributed by atoms with E-state index in [4.69, 9.17) is 32.4 Å². The Hall–Kier alpha value is -2.94. The highest BCUT2D eigenvalue weighted by atomic mass is 35.5. The Labute approximate surface area is 189 Å². The summed E-state index contributed by atoms with van der Waals surface area (Å²) in [4.78, 5) is 42.0. The molecule has 0 fully saturated rings. The minimum atomic E-state index is -0.800. The van der Waals surface area contributed by atoms with Gasteiger partial charge in [-0.2, -0.15) is 4.99 Å². The number of ether oxygens (including phenoxy) is 1. The van der Waals surface area contributed by atoms with Gasteiger partial charge in [-0.1, -0.05) is 46.7 Å². The molecule has 2 aromatic heterocycles. The number of nitrogens with zero attached hydrogens (tertiary/aromatic N) is 2.